The summed E-state index contributed by atoms with van der Waals surface area (Å²) in [6, 6.07) is 11.1. The Balaban J connectivity index is 1.60. The summed E-state index contributed by atoms with van der Waals surface area (Å²) in [4.78, 5) is 38.6. The van der Waals surface area contributed by atoms with E-state index in [-0.39, 0.29) is 11.8 Å². The van der Waals surface area contributed by atoms with Crippen molar-refractivity contribution in [2.75, 3.05) is 18.9 Å². The van der Waals surface area contributed by atoms with Crippen molar-refractivity contribution >= 4 is 28.5 Å². The second kappa shape index (κ2) is 5.94. The fourth-order valence-corrected chi connectivity index (χ4v) is 3.21. The van der Waals surface area contributed by atoms with Gasteiger partial charge >= 0.3 is 0 Å². The fourth-order valence-electron chi connectivity index (χ4n) is 3.21. The lowest BCUT2D eigenvalue weighted by Gasteiger charge is -2.21. The molecular formula is C19H19N5O2. The number of rotatable bonds is 3. The molecule has 1 fully saturated rings. The van der Waals surface area contributed by atoms with E-state index in [1.807, 2.05) is 30.3 Å². The van der Waals surface area contributed by atoms with E-state index in [1.54, 1.807) is 31.1 Å². The number of amides is 2. The van der Waals surface area contributed by atoms with Crippen LogP contribution in [0.1, 0.15) is 13.3 Å². The van der Waals surface area contributed by atoms with Gasteiger partial charge in [-0.1, -0.05) is 6.07 Å². The second-order valence-corrected chi connectivity index (χ2v) is 6.80. The lowest BCUT2D eigenvalue weighted by Crippen LogP contribution is -2.40. The highest BCUT2D eigenvalue weighted by Gasteiger charge is 2.47. The minimum atomic E-state index is -1.02. The zero-order chi connectivity index (χ0) is 18.3. The van der Waals surface area contributed by atoms with Gasteiger partial charge in [0.1, 0.15) is 11.1 Å². The third kappa shape index (κ3) is 2.61. The normalized spacial score (nSPS) is 19.9. The Morgan fingerprint density at radius 3 is 2.85 bits per heavy atom. The van der Waals surface area contributed by atoms with Crippen LogP contribution in [0.15, 0.2) is 42.6 Å². The van der Waals surface area contributed by atoms with Gasteiger partial charge in [0, 0.05) is 25.5 Å². The summed E-state index contributed by atoms with van der Waals surface area (Å²) in [5.74, 6) is 0.245. The van der Waals surface area contributed by atoms with Crippen LogP contribution in [0.3, 0.4) is 0 Å². The summed E-state index contributed by atoms with van der Waals surface area (Å²) >= 11 is 0. The van der Waals surface area contributed by atoms with Gasteiger partial charge in [0.2, 0.25) is 11.8 Å². The maximum Gasteiger partial charge on any atom is 0.239 e. The Labute approximate surface area is 150 Å². The molecule has 0 spiro atoms. The molecule has 1 atom stereocenters. The highest BCUT2D eigenvalue weighted by molar-refractivity contribution is 6.11. The molecule has 1 aliphatic heterocycles. The van der Waals surface area contributed by atoms with E-state index in [0.717, 1.165) is 16.7 Å². The number of aromatic amines is 1. The molecule has 1 saturated heterocycles. The summed E-state index contributed by atoms with van der Waals surface area (Å²) in [6.07, 6.45) is 2.23. The maximum atomic E-state index is 12.7. The van der Waals surface area contributed by atoms with E-state index < -0.39 is 5.41 Å². The van der Waals surface area contributed by atoms with Crippen LogP contribution in [0, 0.1) is 5.41 Å². The molecule has 1 aliphatic rings. The first-order valence-electron chi connectivity index (χ1n) is 8.45. The molecule has 7 heteroatoms. The van der Waals surface area contributed by atoms with Crippen molar-refractivity contribution in [2.24, 2.45) is 5.41 Å². The van der Waals surface area contributed by atoms with Gasteiger partial charge in [0.25, 0.3) is 0 Å². The van der Waals surface area contributed by atoms with Crippen molar-refractivity contribution < 1.29 is 9.59 Å². The molecule has 2 N–H and O–H groups in total. The predicted octanol–water partition coefficient (Wildman–Crippen LogP) is 2.43. The van der Waals surface area contributed by atoms with Crippen LogP contribution in [0.2, 0.25) is 0 Å². The van der Waals surface area contributed by atoms with Gasteiger partial charge in [0.15, 0.2) is 5.82 Å². The van der Waals surface area contributed by atoms with E-state index in [2.05, 4.69) is 20.3 Å². The topological polar surface area (TPSA) is 91.0 Å². The molecule has 4 rings (SSSR count). The molecule has 3 aromatic rings. The lowest BCUT2D eigenvalue weighted by atomic mass is 9.87. The number of benzene rings is 1. The van der Waals surface area contributed by atoms with Crippen molar-refractivity contribution in [3.8, 4) is 11.5 Å². The summed E-state index contributed by atoms with van der Waals surface area (Å²) in [7, 11) is 1.72. The Morgan fingerprint density at radius 1 is 1.31 bits per heavy atom. The number of anilines is 1. The minimum Gasteiger partial charge on any atom is -0.345 e. The summed E-state index contributed by atoms with van der Waals surface area (Å²) in [5.41, 5.74) is 1.94. The van der Waals surface area contributed by atoms with Crippen LogP contribution in [-0.2, 0) is 9.59 Å². The summed E-state index contributed by atoms with van der Waals surface area (Å²) < 4.78 is 0. The molecule has 26 heavy (non-hydrogen) atoms. The summed E-state index contributed by atoms with van der Waals surface area (Å²) in [6.45, 7) is 2.29. The largest absolute Gasteiger partial charge is 0.345 e. The zero-order valence-electron chi connectivity index (χ0n) is 14.6. The van der Waals surface area contributed by atoms with Crippen molar-refractivity contribution in [1.29, 1.82) is 0 Å². The average Bonchev–Trinajstić information content (AvgIpc) is 3.19. The highest BCUT2D eigenvalue weighted by atomic mass is 16.2. The van der Waals surface area contributed by atoms with E-state index in [4.69, 9.17) is 0 Å². The Kier molecular flexibility index (Phi) is 3.72. The fraction of sp³-hybridized carbons (Fsp3) is 0.263. The zero-order valence-corrected chi connectivity index (χ0v) is 14.6. The number of imidazole rings is 1. The first-order chi connectivity index (χ1) is 12.5. The first kappa shape index (κ1) is 16.3. The number of pyridine rings is 1. The third-order valence-corrected chi connectivity index (χ3v) is 4.91. The van der Waals surface area contributed by atoms with Gasteiger partial charge in [-0.3, -0.25) is 14.6 Å². The molecule has 3 heterocycles. The number of aromatic nitrogens is 3. The number of hydrogen-bond donors (Lipinski definition) is 2. The molecule has 7 nitrogen and oxygen atoms in total. The molecule has 2 aromatic heterocycles. The number of carbonyl (C=O) groups is 2. The SMILES string of the molecule is CN1CCC(C)(C(=O)Nc2ccc3nc(-c4ccccn4)[nH]c3c2)C1=O. The van der Waals surface area contributed by atoms with Crippen molar-refractivity contribution in [3.63, 3.8) is 0 Å². The van der Waals surface area contributed by atoms with E-state index >= 15 is 0 Å². The Morgan fingerprint density at radius 2 is 2.15 bits per heavy atom. The number of hydrogen-bond acceptors (Lipinski definition) is 4. The number of H-pyrrole nitrogens is 1. The molecule has 0 bridgehead atoms. The number of nitrogens with zero attached hydrogens (tertiary/aromatic N) is 3. The molecule has 0 aliphatic carbocycles. The van der Waals surface area contributed by atoms with Gasteiger partial charge in [-0.2, -0.15) is 0 Å². The quantitative estimate of drug-likeness (QED) is 0.711. The van der Waals surface area contributed by atoms with Gasteiger partial charge in [-0.15, -0.1) is 0 Å². The Hall–Kier alpha value is -3.22. The Bertz CT molecular complexity index is 998. The van der Waals surface area contributed by atoms with Crippen LogP contribution in [0.5, 0.6) is 0 Å². The van der Waals surface area contributed by atoms with Crippen LogP contribution in [0.4, 0.5) is 5.69 Å². The summed E-state index contributed by atoms with van der Waals surface area (Å²) in [5, 5.41) is 2.87. The first-order valence-corrected chi connectivity index (χ1v) is 8.45. The number of likely N-dealkylation sites (tertiary alicyclic amines) is 1. The van der Waals surface area contributed by atoms with Crippen molar-refractivity contribution in [3.05, 3.63) is 42.6 Å². The lowest BCUT2D eigenvalue weighted by molar-refractivity contribution is -0.141. The molecule has 1 unspecified atom stereocenters. The molecule has 132 valence electrons. The van der Waals surface area contributed by atoms with Crippen LogP contribution in [0.25, 0.3) is 22.6 Å². The van der Waals surface area contributed by atoms with Crippen LogP contribution < -0.4 is 5.32 Å². The molecular weight excluding hydrogens is 330 g/mol. The van der Waals surface area contributed by atoms with E-state index in [9.17, 15) is 9.59 Å². The monoisotopic (exact) mass is 349 g/mol. The van der Waals surface area contributed by atoms with Gasteiger partial charge in [-0.05, 0) is 43.7 Å². The molecule has 1 aromatic carbocycles. The van der Waals surface area contributed by atoms with Crippen molar-refractivity contribution in [1.82, 2.24) is 19.9 Å². The minimum absolute atomic E-state index is 0.143. The second-order valence-electron chi connectivity index (χ2n) is 6.80. The van der Waals surface area contributed by atoms with E-state index in [1.165, 1.54) is 0 Å². The maximum absolute atomic E-state index is 12.7. The molecule has 2 amide bonds. The van der Waals surface area contributed by atoms with Crippen molar-refractivity contribution in [2.45, 2.75) is 13.3 Å². The molecule has 0 saturated carbocycles. The van der Waals surface area contributed by atoms with Gasteiger partial charge < -0.3 is 15.2 Å². The van der Waals surface area contributed by atoms with Crippen LogP contribution >= 0.6 is 0 Å². The van der Waals surface area contributed by atoms with Gasteiger partial charge in [-0.25, -0.2) is 4.98 Å². The standard InChI is InChI=1S/C19H19N5O2/c1-19(8-10-24(2)18(19)26)17(25)21-12-6-7-13-15(11-12)23-16(22-13)14-5-3-4-9-20-14/h3-7,9,11H,8,10H2,1-2H3,(H,21,25)(H,22,23). The van der Waals surface area contributed by atoms with Gasteiger partial charge in [0.05, 0.1) is 11.0 Å². The number of nitrogens with one attached hydrogen (secondary N) is 2. The highest BCUT2D eigenvalue weighted by Crippen LogP contribution is 2.32. The number of carbonyl (C=O) groups excluding carboxylic acids is 2. The van der Waals surface area contributed by atoms with Crippen LogP contribution in [-0.4, -0.2) is 45.3 Å². The smallest absolute Gasteiger partial charge is 0.239 e. The third-order valence-electron chi connectivity index (χ3n) is 4.91. The molecule has 0 radical (unpaired) electrons. The number of fused-ring (bicyclic) bond motifs is 1. The van der Waals surface area contributed by atoms with E-state index in [0.29, 0.717) is 24.5 Å². The predicted molar refractivity (Wildman–Crippen MR) is 98.3 cm³/mol. The average molecular weight is 349 g/mol.